The Morgan fingerprint density at radius 1 is 1.19 bits per heavy atom. The average Bonchev–Trinajstić information content (AvgIpc) is 2.46. The minimum atomic E-state index is -0.437. The molecule has 1 fully saturated rings. The molecule has 2 rings (SSSR count). The highest BCUT2D eigenvalue weighted by molar-refractivity contribution is 7.80. The van der Waals surface area contributed by atoms with E-state index in [1.165, 1.54) is 0 Å². The third kappa shape index (κ3) is 4.53. The van der Waals surface area contributed by atoms with E-state index in [-0.39, 0.29) is 6.09 Å². The topological polar surface area (TPSA) is 29.5 Å². The lowest BCUT2D eigenvalue weighted by Crippen LogP contribution is -2.42. The minimum absolute atomic E-state index is 0.216. The first kappa shape index (κ1) is 16.0. The molecule has 0 N–H and O–H groups in total. The van der Waals surface area contributed by atoms with Gasteiger partial charge in [-0.25, -0.2) is 4.79 Å². The van der Waals surface area contributed by atoms with Gasteiger partial charge in [-0.1, -0.05) is 42.5 Å². The van der Waals surface area contributed by atoms with Gasteiger partial charge in [-0.3, -0.25) is 0 Å². The summed E-state index contributed by atoms with van der Waals surface area (Å²) in [6.45, 7) is 7.10. The fourth-order valence-electron chi connectivity index (χ4n) is 2.49. The fourth-order valence-corrected chi connectivity index (χ4v) is 2.86. The number of piperidine rings is 1. The number of thiocarbonyl (C=S) groups is 1. The molecular formula is C17H23NO2S. The summed E-state index contributed by atoms with van der Waals surface area (Å²) in [7, 11) is 0. The highest BCUT2D eigenvalue weighted by atomic mass is 32.1. The van der Waals surface area contributed by atoms with E-state index in [2.05, 4.69) is 12.1 Å². The van der Waals surface area contributed by atoms with Crippen molar-refractivity contribution in [2.45, 2.75) is 39.2 Å². The lowest BCUT2D eigenvalue weighted by Gasteiger charge is -2.33. The molecule has 3 nitrogen and oxygen atoms in total. The highest BCUT2D eigenvalue weighted by Gasteiger charge is 2.28. The molecule has 4 heteroatoms. The molecule has 0 spiro atoms. The van der Waals surface area contributed by atoms with Crippen molar-refractivity contribution in [1.29, 1.82) is 0 Å². The van der Waals surface area contributed by atoms with Crippen LogP contribution in [0, 0.1) is 5.92 Å². The molecule has 0 unspecified atom stereocenters. The van der Waals surface area contributed by atoms with Gasteiger partial charge in [0, 0.05) is 18.0 Å². The lowest BCUT2D eigenvalue weighted by atomic mass is 9.90. The van der Waals surface area contributed by atoms with Crippen molar-refractivity contribution < 1.29 is 9.53 Å². The van der Waals surface area contributed by atoms with Crippen LogP contribution in [0.2, 0.25) is 0 Å². The van der Waals surface area contributed by atoms with Crippen LogP contribution >= 0.6 is 12.2 Å². The predicted molar refractivity (Wildman–Crippen MR) is 88.7 cm³/mol. The zero-order valence-corrected chi connectivity index (χ0v) is 13.8. The smallest absolute Gasteiger partial charge is 0.410 e. The maximum atomic E-state index is 12.0. The number of hydrogen-bond donors (Lipinski definition) is 0. The SMILES string of the molecule is CC(C)(C)OC(=O)N1CCC(C(=S)c2ccccc2)CC1. The summed E-state index contributed by atoms with van der Waals surface area (Å²) in [6.07, 6.45) is 1.60. The Balaban J connectivity index is 1.89. The van der Waals surface area contributed by atoms with Gasteiger partial charge in [-0.15, -0.1) is 0 Å². The molecule has 0 atom stereocenters. The van der Waals surface area contributed by atoms with Crippen LogP contribution in [0.5, 0.6) is 0 Å². The second-order valence-corrected chi connectivity index (χ2v) is 6.91. The van der Waals surface area contributed by atoms with Crippen LogP contribution in [0.15, 0.2) is 30.3 Å². The number of carbonyl (C=O) groups is 1. The normalized spacial score (nSPS) is 16.6. The standard InChI is InChI=1S/C17H23NO2S/c1-17(2,3)20-16(19)18-11-9-14(10-12-18)15(21)13-7-5-4-6-8-13/h4-8,14H,9-12H2,1-3H3. The molecule has 0 aliphatic carbocycles. The first-order valence-electron chi connectivity index (χ1n) is 7.44. The molecular weight excluding hydrogens is 282 g/mol. The second-order valence-electron chi connectivity index (χ2n) is 6.47. The van der Waals surface area contributed by atoms with Crippen LogP contribution in [0.25, 0.3) is 0 Å². The van der Waals surface area contributed by atoms with Gasteiger partial charge in [0.1, 0.15) is 5.60 Å². The summed E-state index contributed by atoms with van der Waals surface area (Å²) in [4.78, 5) is 14.8. The summed E-state index contributed by atoms with van der Waals surface area (Å²) in [5.74, 6) is 0.376. The Morgan fingerprint density at radius 3 is 2.29 bits per heavy atom. The Bertz CT molecular complexity index is 499. The highest BCUT2D eigenvalue weighted by Crippen LogP contribution is 2.24. The van der Waals surface area contributed by atoms with Crippen molar-refractivity contribution in [3.05, 3.63) is 35.9 Å². The average molecular weight is 305 g/mol. The van der Waals surface area contributed by atoms with Gasteiger partial charge in [0.15, 0.2) is 0 Å². The summed E-state index contributed by atoms with van der Waals surface area (Å²) < 4.78 is 5.41. The monoisotopic (exact) mass is 305 g/mol. The molecule has 0 saturated carbocycles. The molecule has 1 aromatic carbocycles. The van der Waals surface area contributed by atoms with Crippen LogP contribution in [-0.2, 0) is 4.74 Å². The van der Waals surface area contributed by atoms with Gasteiger partial charge in [0.05, 0.1) is 0 Å². The van der Waals surface area contributed by atoms with E-state index in [1.807, 2.05) is 39.0 Å². The first-order chi connectivity index (χ1) is 9.87. The van der Waals surface area contributed by atoms with Crippen molar-refractivity contribution in [3.8, 4) is 0 Å². The quantitative estimate of drug-likeness (QED) is 0.610. The van der Waals surface area contributed by atoms with Crippen LogP contribution in [0.3, 0.4) is 0 Å². The van der Waals surface area contributed by atoms with E-state index in [1.54, 1.807) is 4.90 Å². The maximum absolute atomic E-state index is 12.0. The van der Waals surface area contributed by atoms with E-state index in [9.17, 15) is 4.79 Å². The van der Waals surface area contributed by atoms with E-state index in [4.69, 9.17) is 17.0 Å². The summed E-state index contributed by atoms with van der Waals surface area (Å²) >= 11 is 5.60. The number of hydrogen-bond acceptors (Lipinski definition) is 3. The zero-order valence-electron chi connectivity index (χ0n) is 13.0. The van der Waals surface area contributed by atoms with E-state index < -0.39 is 5.60 Å². The van der Waals surface area contributed by atoms with Crippen LogP contribution in [0.1, 0.15) is 39.2 Å². The molecule has 1 saturated heterocycles. The molecule has 1 heterocycles. The minimum Gasteiger partial charge on any atom is -0.444 e. The molecule has 0 bridgehead atoms. The van der Waals surface area contributed by atoms with Gasteiger partial charge in [0.2, 0.25) is 0 Å². The maximum Gasteiger partial charge on any atom is 0.410 e. The van der Waals surface area contributed by atoms with Crippen molar-refractivity contribution in [2.75, 3.05) is 13.1 Å². The molecule has 0 radical (unpaired) electrons. The fraction of sp³-hybridized carbons (Fsp3) is 0.529. The van der Waals surface area contributed by atoms with Crippen molar-refractivity contribution in [3.63, 3.8) is 0 Å². The number of likely N-dealkylation sites (tertiary alicyclic amines) is 1. The first-order valence-corrected chi connectivity index (χ1v) is 7.85. The van der Waals surface area contributed by atoms with Gasteiger partial charge < -0.3 is 9.64 Å². The summed E-state index contributed by atoms with van der Waals surface area (Å²) in [5.41, 5.74) is 0.691. The van der Waals surface area contributed by atoms with Crippen LogP contribution < -0.4 is 0 Å². The number of carbonyl (C=O) groups excluding carboxylic acids is 1. The lowest BCUT2D eigenvalue weighted by molar-refractivity contribution is 0.0202. The summed E-state index contributed by atoms with van der Waals surface area (Å²) in [5, 5.41) is 0. The Morgan fingerprint density at radius 2 is 1.76 bits per heavy atom. The van der Waals surface area contributed by atoms with Crippen molar-refractivity contribution >= 4 is 23.2 Å². The third-order valence-electron chi connectivity index (χ3n) is 3.58. The number of rotatable bonds is 2. The zero-order chi connectivity index (χ0) is 15.5. The molecule has 1 aromatic rings. The van der Waals surface area contributed by atoms with Crippen LogP contribution in [-0.4, -0.2) is 34.5 Å². The Labute approximate surface area is 132 Å². The van der Waals surface area contributed by atoms with E-state index in [0.29, 0.717) is 19.0 Å². The van der Waals surface area contributed by atoms with Crippen molar-refractivity contribution in [1.82, 2.24) is 4.90 Å². The van der Waals surface area contributed by atoms with Crippen LogP contribution in [0.4, 0.5) is 4.79 Å². The number of nitrogens with zero attached hydrogens (tertiary/aromatic N) is 1. The predicted octanol–water partition coefficient (Wildman–Crippen LogP) is 4.05. The number of benzene rings is 1. The molecule has 21 heavy (non-hydrogen) atoms. The third-order valence-corrected chi connectivity index (χ3v) is 4.14. The summed E-state index contributed by atoms with van der Waals surface area (Å²) in [6, 6.07) is 10.1. The van der Waals surface area contributed by atoms with Gasteiger partial charge >= 0.3 is 6.09 Å². The Hall–Kier alpha value is -1.42. The second kappa shape index (κ2) is 6.56. The Kier molecular flexibility index (Phi) is 4.99. The molecule has 0 aromatic heterocycles. The van der Waals surface area contributed by atoms with Gasteiger partial charge in [0.25, 0.3) is 0 Å². The number of amides is 1. The number of ether oxygens (including phenoxy) is 1. The van der Waals surface area contributed by atoms with E-state index in [0.717, 1.165) is 23.3 Å². The van der Waals surface area contributed by atoms with E-state index >= 15 is 0 Å². The van der Waals surface area contributed by atoms with Gasteiger partial charge in [-0.2, -0.15) is 0 Å². The largest absolute Gasteiger partial charge is 0.444 e. The van der Waals surface area contributed by atoms with Crippen molar-refractivity contribution in [2.24, 2.45) is 5.92 Å². The molecule has 1 aliphatic rings. The molecule has 1 aliphatic heterocycles. The molecule has 114 valence electrons. The van der Waals surface area contributed by atoms with Gasteiger partial charge in [-0.05, 0) is 45.1 Å². The molecule has 1 amide bonds.